The van der Waals surface area contributed by atoms with Crippen LogP contribution in [0.2, 0.25) is 0 Å². The molecule has 38 heavy (non-hydrogen) atoms. The molecule has 0 amide bonds. The summed E-state index contributed by atoms with van der Waals surface area (Å²) in [5.41, 5.74) is 3.31. The molecule has 5 heteroatoms. The Morgan fingerprint density at radius 1 is 0.816 bits per heavy atom. The van der Waals surface area contributed by atoms with E-state index in [-0.39, 0.29) is 5.97 Å². The number of esters is 1. The zero-order valence-electron chi connectivity index (χ0n) is 23.2. The Morgan fingerprint density at radius 3 is 2.05 bits per heavy atom. The van der Waals surface area contributed by atoms with E-state index in [9.17, 15) is 4.79 Å². The largest absolute Gasteiger partial charge is 0.492 e. The van der Waals surface area contributed by atoms with Gasteiger partial charge in [-0.05, 0) is 43.4 Å². The molecule has 0 atom stereocenters. The van der Waals surface area contributed by atoms with Crippen molar-refractivity contribution in [3.05, 3.63) is 60.8 Å². The highest BCUT2D eigenvalue weighted by Gasteiger charge is 2.13. The van der Waals surface area contributed by atoms with Crippen molar-refractivity contribution >= 4 is 5.97 Å². The summed E-state index contributed by atoms with van der Waals surface area (Å²) in [6, 6.07) is 12.6. The fraction of sp³-hybridized carbons (Fsp3) is 0.576. The molecular weight excluding hydrogens is 474 g/mol. The van der Waals surface area contributed by atoms with Gasteiger partial charge in [0.1, 0.15) is 5.75 Å². The van der Waals surface area contributed by atoms with E-state index >= 15 is 0 Å². The minimum Gasteiger partial charge on any atom is -0.492 e. The predicted octanol–water partition coefficient (Wildman–Crippen LogP) is 8.61. The van der Waals surface area contributed by atoms with Crippen LogP contribution >= 0.6 is 0 Å². The monoisotopic (exact) mass is 521 g/mol. The molecule has 0 unspecified atom stereocenters. The van der Waals surface area contributed by atoms with Crippen LogP contribution in [-0.4, -0.2) is 30.3 Å². The van der Waals surface area contributed by atoms with Gasteiger partial charge in [0.15, 0.2) is 0 Å². The van der Waals surface area contributed by atoms with Crippen LogP contribution in [0.4, 0.5) is 0 Å². The van der Waals surface area contributed by atoms with E-state index in [1.54, 1.807) is 0 Å². The van der Waals surface area contributed by atoms with Gasteiger partial charge >= 0.3 is 5.97 Å². The molecule has 0 N–H and O–H groups in total. The second kappa shape index (κ2) is 18.6. The third kappa shape index (κ3) is 12.3. The molecule has 3 rings (SSSR count). The standard InChI is InChI=1S/C33H47NO4/c1-2-33(35)37-25-15-10-8-6-4-3-5-7-9-14-24-36-31-22-23-32(34-26-31)29-20-18-28(19-21-29)27-38-30-16-12-11-13-17-30/h2,18-23,26,30H,1,3-17,24-25,27H2. The number of nitrogens with zero attached hydrogens (tertiary/aromatic N) is 1. The van der Waals surface area contributed by atoms with Gasteiger partial charge in [0, 0.05) is 11.6 Å². The van der Waals surface area contributed by atoms with Crippen LogP contribution in [0.1, 0.15) is 102 Å². The van der Waals surface area contributed by atoms with Gasteiger partial charge in [-0.3, -0.25) is 4.98 Å². The Morgan fingerprint density at radius 2 is 1.45 bits per heavy atom. The lowest BCUT2D eigenvalue weighted by Gasteiger charge is -2.22. The summed E-state index contributed by atoms with van der Waals surface area (Å²) in [6.07, 6.45) is 21.8. The number of carbonyl (C=O) groups is 1. The van der Waals surface area contributed by atoms with Crippen molar-refractivity contribution in [3.8, 4) is 17.0 Å². The lowest BCUT2D eigenvalue weighted by molar-refractivity contribution is -0.137. The molecule has 1 saturated carbocycles. The van der Waals surface area contributed by atoms with E-state index in [2.05, 4.69) is 35.8 Å². The van der Waals surface area contributed by atoms with Crippen molar-refractivity contribution in [2.45, 2.75) is 109 Å². The molecule has 2 aromatic rings. The third-order valence-corrected chi connectivity index (χ3v) is 7.24. The topological polar surface area (TPSA) is 57.7 Å². The van der Waals surface area contributed by atoms with Crippen molar-refractivity contribution < 1.29 is 19.0 Å². The van der Waals surface area contributed by atoms with E-state index in [0.29, 0.717) is 19.3 Å². The van der Waals surface area contributed by atoms with Gasteiger partial charge in [-0.25, -0.2) is 4.79 Å². The van der Waals surface area contributed by atoms with Crippen molar-refractivity contribution in [1.29, 1.82) is 0 Å². The first kappa shape index (κ1) is 29.9. The number of carbonyl (C=O) groups excluding carboxylic acids is 1. The number of pyridine rings is 1. The second-order valence-electron chi connectivity index (χ2n) is 10.4. The fourth-order valence-corrected chi connectivity index (χ4v) is 4.89. The summed E-state index contributed by atoms with van der Waals surface area (Å²) < 4.78 is 17.0. The maximum atomic E-state index is 11.0. The number of benzene rings is 1. The van der Waals surface area contributed by atoms with Gasteiger partial charge in [-0.15, -0.1) is 0 Å². The molecule has 208 valence electrons. The average molecular weight is 522 g/mol. The first-order chi connectivity index (χ1) is 18.7. The molecule has 1 aromatic heterocycles. The summed E-state index contributed by atoms with van der Waals surface area (Å²) in [4.78, 5) is 15.6. The molecule has 0 radical (unpaired) electrons. The fourth-order valence-electron chi connectivity index (χ4n) is 4.89. The lowest BCUT2D eigenvalue weighted by Crippen LogP contribution is -2.16. The van der Waals surface area contributed by atoms with Crippen molar-refractivity contribution in [2.24, 2.45) is 0 Å². The maximum absolute atomic E-state index is 11.0. The molecule has 0 saturated heterocycles. The smallest absolute Gasteiger partial charge is 0.330 e. The second-order valence-corrected chi connectivity index (χ2v) is 10.4. The molecule has 1 aromatic carbocycles. The number of ether oxygens (including phenoxy) is 3. The first-order valence-corrected chi connectivity index (χ1v) is 14.8. The molecule has 1 aliphatic rings. The molecule has 0 bridgehead atoms. The Labute approximate surface area is 230 Å². The summed E-state index contributed by atoms with van der Waals surface area (Å²) >= 11 is 0. The molecule has 1 heterocycles. The van der Waals surface area contributed by atoms with Crippen LogP contribution in [0.3, 0.4) is 0 Å². The Balaban J connectivity index is 1.18. The minimum absolute atomic E-state index is 0.322. The van der Waals surface area contributed by atoms with Crippen LogP contribution < -0.4 is 4.74 Å². The van der Waals surface area contributed by atoms with E-state index in [1.807, 2.05) is 18.3 Å². The minimum atomic E-state index is -0.322. The van der Waals surface area contributed by atoms with Crippen LogP contribution in [0.15, 0.2) is 55.3 Å². The molecule has 1 fully saturated rings. The van der Waals surface area contributed by atoms with Gasteiger partial charge in [0.05, 0.1) is 37.8 Å². The SMILES string of the molecule is C=CC(=O)OCCCCCCCCCCCCOc1ccc(-c2ccc(COC3CCCCC3)cc2)nc1. The highest BCUT2D eigenvalue weighted by Crippen LogP contribution is 2.23. The molecule has 0 aliphatic heterocycles. The number of hydrogen-bond acceptors (Lipinski definition) is 5. The van der Waals surface area contributed by atoms with Gasteiger partial charge in [0.2, 0.25) is 0 Å². The van der Waals surface area contributed by atoms with Crippen LogP contribution in [0.5, 0.6) is 5.75 Å². The van der Waals surface area contributed by atoms with E-state index < -0.39 is 0 Å². The number of hydrogen-bond donors (Lipinski definition) is 0. The Hall–Kier alpha value is -2.66. The van der Waals surface area contributed by atoms with Crippen LogP contribution in [0, 0.1) is 0 Å². The summed E-state index contributed by atoms with van der Waals surface area (Å²) in [6.45, 7) is 5.35. The number of rotatable bonds is 19. The van der Waals surface area contributed by atoms with Crippen LogP contribution in [-0.2, 0) is 20.9 Å². The van der Waals surface area contributed by atoms with Crippen molar-refractivity contribution in [1.82, 2.24) is 4.98 Å². The highest BCUT2D eigenvalue weighted by molar-refractivity contribution is 5.81. The van der Waals surface area contributed by atoms with Crippen molar-refractivity contribution in [3.63, 3.8) is 0 Å². The zero-order valence-corrected chi connectivity index (χ0v) is 23.2. The Kier molecular flexibility index (Phi) is 14.6. The summed E-state index contributed by atoms with van der Waals surface area (Å²) in [5, 5.41) is 0. The Bertz CT molecular complexity index is 904. The highest BCUT2D eigenvalue weighted by atomic mass is 16.5. The number of unbranched alkanes of at least 4 members (excludes halogenated alkanes) is 9. The summed E-state index contributed by atoms with van der Waals surface area (Å²) in [7, 11) is 0. The number of aromatic nitrogens is 1. The van der Waals surface area contributed by atoms with Gasteiger partial charge < -0.3 is 14.2 Å². The van der Waals surface area contributed by atoms with Gasteiger partial charge in [-0.1, -0.05) is 101 Å². The molecular formula is C33H47NO4. The normalized spacial score (nSPS) is 13.8. The van der Waals surface area contributed by atoms with Gasteiger partial charge in [-0.2, -0.15) is 0 Å². The quantitative estimate of drug-likeness (QED) is 0.105. The molecule has 1 aliphatic carbocycles. The molecule has 0 spiro atoms. The maximum Gasteiger partial charge on any atom is 0.330 e. The summed E-state index contributed by atoms with van der Waals surface area (Å²) in [5.74, 6) is 0.517. The predicted molar refractivity (Wildman–Crippen MR) is 154 cm³/mol. The lowest BCUT2D eigenvalue weighted by atomic mass is 9.98. The van der Waals surface area contributed by atoms with Crippen molar-refractivity contribution in [2.75, 3.05) is 13.2 Å². The zero-order chi connectivity index (χ0) is 26.7. The van der Waals surface area contributed by atoms with E-state index in [0.717, 1.165) is 42.9 Å². The molecule has 5 nitrogen and oxygen atoms in total. The van der Waals surface area contributed by atoms with E-state index in [4.69, 9.17) is 14.2 Å². The van der Waals surface area contributed by atoms with Crippen LogP contribution in [0.25, 0.3) is 11.3 Å². The van der Waals surface area contributed by atoms with E-state index in [1.165, 1.54) is 88.7 Å². The third-order valence-electron chi connectivity index (χ3n) is 7.24. The first-order valence-electron chi connectivity index (χ1n) is 14.8. The van der Waals surface area contributed by atoms with Gasteiger partial charge in [0.25, 0.3) is 0 Å². The average Bonchev–Trinajstić information content (AvgIpc) is 2.97.